The molecule has 0 radical (unpaired) electrons. The molecular weight excluding hydrogens is 384 g/mol. The van der Waals surface area contributed by atoms with Crippen LogP contribution in [0.4, 0.5) is 5.69 Å². The summed E-state index contributed by atoms with van der Waals surface area (Å²) >= 11 is 6.17. The number of carbonyl (C=O) groups excluding carboxylic acids is 1. The van der Waals surface area contributed by atoms with Crippen LogP contribution in [0.3, 0.4) is 0 Å². The van der Waals surface area contributed by atoms with E-state index in [-0.39, 0.29) is 17.6 Å². The molecule has 0 aliphatic heterocycles. The van der Waals surface area contributed by atoms with Crippen LogP contribution in [0.2, 0.25) is 5.02 Å². The fraction of sp³-hybridized carbons (Fsp3) is 0.250. The fourth-order valence-electron chi connectivity index (χ4n) is 2.63. The largest absolute Gasteiger partial charge is 0.493 e. The summed E-state index contributed by atoms with van der Waals surface area (Å²) in [4.78, 5) is 24.5. The highest BCUT2D eigenvalue weighted by atomic mass is 35.5. The smallest absolute Gasteiger partial charge is 0.269 e. The minimum Gasteiger partial charge on any atom is -0.493 e. The van der Waals surface area contributed by atoms with Crippen molar-refractivity contribution in [1.82, 2.24) is 4.90 Å². The van der Waals surface area contributed by atoms with Crippen LogP contribution in [-0.2, 0) is 4.79 Å². The van der Waals surface area contributed by atoms with Crippen LogP contribution >= 0.6 is 11.6 Å². The van der Waals surface area contributed by atoms with Gasteiger partial charge in [-0.1, -0.05) is 23.7 Å². The molecule has 1 atom stereocenters. The lowest BCUT2D eigenvalue weighted by molar-refractivity contribution is -0.384. The maximum absolute atomic E-state index is 12.5. The summed E-state index contributed by atoms with van der Waals surface area (Å²) in [5.74, 6) is 0.620. The van der Waals surface area contributed by atoms with E-state index in [4.69, 9.17) is 21.1 Å². The van der Waals surface area contributed by atoms with E-state index in [9.17, 15) is 14.9 Å². The van der Waals surface area contributed by atoms with Gasteiger partial charge in [0, 0.05) is 25.3 Å². The summed E-state index contributed by atoms with van der Waals surface area (Å²) < 4.78 is 10.4. The minimum atomic E-state index is -0.460. The highest BCUT2D eigenvalue weighted by Crippen LogP contribution is 2.36. The highest BCUT2D eigenvalue weighted by Gasteiger charge is 2.18. The highest BCUT2D eigenvalue weighted by molar-refractivity contribution is 6.32. The van der Waals surface area contributed by atoms with Crippen molar-refractivity contribution in [2.45, 2.75) is 13.0 Å². The maximum Gasteiger partial charge on any atom is 0.269 e. The molecule has 148 valence electrons. The SMILES string of the molecule is COc1cc(/C=C/C(=O)N(C)[C@@H](C)c2cccc([N+](=O)[O-])c2)cc(Cl)c1OC. The van der Waals surface area contributed by atoms with Crippen LogP contribution in [0, 0.1) is 10.1 Å². The first kappa shape index (κ1) is 21.2. The Morgan fingerprint density at radius 1 is 1.25 bits per heavy atom. The van der Waals surface area contributed by atoms with E-state index in [1.807, 2.05) is 0 Å². The first-order chi connectivity index (χ1) is 13.3. The average molecular weight is 405 g/mol. The molecule has 0 N–H and O–H groups in total. The number of nitro groups is 1. The average Bonchev–Trinajstić information content (AvgIpc) is 2.70. The van der Waals surface area contributed by atoms with Gasteiger partial charge in [-0.2, -0.15) is 0 Å². The molecule has 0 saturated carbocycles. The summed E-state index contributed by atoms with van der Waals surface area (Å²) in [5, 5.41) is 11.3. The molecule has 0 aliphatic rings. The van der Waals surface area contributed by atoms with Gasteiger partial charge >= 0.3 is 0 Å². The molecule has 2 rings (SSSR count). The Hall–Kier alpha value is -3.06. The van der Waals surface area contributed by atoms with Gasteiger partial charge in [-0.3, -0.25) is 14.9 Å². The Morgan fingerprint density at radius 3 is 2.57 bits per heavy atom. The number of amides is 1. The lowest BCUT2D eigenvalue weighted by atomic mass is 10.1. The summed E-state index contributed by atoms with van der Waals surface area (Å²) in [7, 11) is 4.63. The molecule has 28 heavy (non-hydrogen) atoms. The van der Waals surface area contributed by atoms with E-state index in [2.05, 4.69) is 0 Å². The Balaban J connectivity index is 2.19. The molecule has 2 aromatic carbocycles. The van der Waals surface area contributed by atoms with Crippen molar-refractivity contribution < 1.29 is 19.2 Å². The standard InChI is InChI=1S/C20H21ClN2O5/c1-13(15-6-5-7-16(12-15)23(25)26)22(2)19(24)9-8-14-10-17(21)20(28-4)18(11-14)27-3/h5-13H,1-4H3/b9-8+/t13-/m0/s1. The van der Waals surface area contributed by atoms with Crippen molar-refractivity contribution in [1.29, 1.82) is 0 Å². The van der Waals surface area contributed by atoms with Crippen LogP contribution in [0.5, 0.6) is 11.5 Å². The first-order valence-corrected chi connectivity index (χ1v) is 8.77. The van der Waals surface area contributed by atoms with E-state index < -0.39 is 4.92 Å². The quantitative estimate of drug-likeness (QED) is 0.385. The number of nitro benzene ring substituents is 1. The Labute approximate surface area is 168 Å². The fourth-order valence-corrected chi connectivity index (χ4v) is 2.93. The molecule has 7 nitrogen and oxygen atoms in total. The van der Waals surface area contributed by atoms with Crippen molar-refractivity contribution >= 4 is 29.3 Å². The second-order valence-electron chi connectivity index (χ2n) is 6.05. The van der Waals surface area contributed by atoms with Gasteiger partial charge in [-0.05, 0) is 36.3 Å². The normalized spacial score (nSPS) is 11.9. The van der Waals surface area contributed by atoms with Gasteiger partial charge in [0.2, 0.25) is 5.91 Å². The van der Waals surface area contributed by atoms with E-state index in [1.54, 1.807) is 44.3 Å². The number of likely N-dealkylation sites (N-methyl/N-ethyl adjacent to an activating group) is 1. The topological polar surface area (TPSA) is 81.9 Å². The van der Waals surface area contributed by atoms with E-state index in [0.717, 1.165) is 0 Å². The monoisotopic (exact) mass is 404 g/mol. The van der Waals surface area contributed by atoms with Gasteiger partial charge < -0.3 is 14.4 Å². The third-order valence-electron chi connectivity index (χ3n) is 4.37. The summed E-state index contributed by atoms with van der Waals surface area (Å²) in [6.45, 7) is 1.80. The van der Waals surface area contributed by atoms with Crippen molar-refractivity contribution in [3.63, 3.8) is 0 Å². The summed E-state index contributed by atoms with van der Waals surface area (Å²) in [6, 6.07) is 9.26. The molecular formula is C20H21ClN2O5. The molecule has 0 unspecified atom stereocenters. The zero-order valence-corrected chi connectivity index (χ0v) is 16.8. The minimum absolute atomic E-state index is 0.0132. The number of hydrogen-bond acceptors (Lipinski definition) is 5. The van der Waals surface area contributed by atoms with Crippen molar-refractivity contribution in [3.8, 4) is 11.5 Å². The number of halogens is 1. The van der Waals surface area contributed by atoms with Gasteiger partial charge in [0.1, 0.15) is 0 Å². The van der Waals surface area contributed by atoms with Crippen LogP contribution in [0.25, 0.3) is 6.08 Å². The molecule has 8 heteroatoms. The zero-order valence-electron chi connectivity index (χ0n) is 16.0. The predicted molar refractivity (Wildman–Crippen MR) is 108 cm³/mol. The molecule has 0 heterocycles. The van der Waals surface area contributed by atoms with Crippen LogP contribution < -0.4 is 9.47 Å². The van der Waals surface area contributed by atoms with Gasteiger partial charge in [0.25, 0.3) is 5.69 Å². The van der Waals surface area contributed by atoms with Crippen LogP contribution in [-0.4, -0.2) is 37.0 Å². The van der Waals surface area contributed by atoms with E-state index >= 15 is 0 Å². The zero-order chi connectivity index (χ0) is 20.8. The number of rotatable bonds is 7. The van der Waals surface area contributed by atoms with Crippen molar-refractivity contribution in [2.24, 2.45) is 0 Å². The number of carbonyl (C=O) groups is 1. The lowest BCUT2D eigenvalue weighted by Gasteiger charge is -2.24. The molecule has 0 saturated heterocycles. The summed E-state index contributed by atoms with van der Waals surface area (Å²) in [6.07, 6.45) is 3.03. The Kier molecular flexibility index (Phi) is 7.00. The van der Waals surface area contributed by atoms with Crippen LogP contribution in [0.1, 0.15) is 24.1 Å². The lowest BCUT2D eigenvalue weighted by Crippen LogP contribution is -2.28. The van der Waals surface area contributed by atoms with Gasteiger partial charge in [0.15, 0.2) is 11.5 Å². The van der Waals surface area contributed by atoms with Gasteiger partial charge in [0.05, 0.1) is 30.2 Å². The number of non-ortho nitro benzene ring substituents is 1. The second-order valence-corrected chi connectivity index (χ2v) is 6.46. The number of ether oxygens (including phenoxy) is 2. The van der Waals surface area contributed by atoms with Crippen molar-refractivity contribution in [3.05, 3.63) is 68.7 Å². The molecule has 0 spiro atoms. The molecule has 0 fully saturated rings. The molecule has 0 aromatic heterocycles. The van der Waals surface area contributed by atoms with E-state index in [1.165, 1.54) is 37.3 Å². The third-order valence-corrected chi connectivity index (χ3v) is 4.65. The maximum atomic E-state index is 12.5. The number of hydrogen-bond donors (Lipinski definition) is 0. The Bertz CT molecular complexity index is 913. The summed E-state index contributed by atoms with van der Waals surface area (Å²) in [5.41, 5.74) is 1.33. The molecule has 2 aromatic rings. The number of benzene rings is 2. The number of methoxy groups -OCH3 is 2. The second kappa shape index (κ2) is 9.23. The van der Waals surface area contributed by atoms with Crippen molar-refractivity contribution in [2.75, 3.05) is 21.3 Å². The molecule has 0 bridgehead atoms. The molecule has 0 aliphatic carbocycles. The van der Waals surface area contributed by atoms with Gasteiger partial charge in [-0.15, -0.1) is 0 Å². The number of nitrogens with zero attached hydrogens (tertiary/aromatic N) is 2. The van der Waals surface area contributed by atoms with Crippen LogP contribution in [0.15, 0.2) is 42.5 Å². The third kappa shape index (κ3) is 4.80. The Morgan fingerprint density at radius 2 is 1.96 bits per heavy atom. The predicted octanol–water partition coefficient (Wildman–Crippen LogP) is 4.50. The first-order valence-electron chi connectivity index (χ1n) is 8.39. The van der Waals surface area contributed by atoms with E-state index in [0.29, 0.717) is 27.6 Å². The van der Waals surface area contributed by atoms with Gasteiger partial charge in [-0.25, -0.2) is 0 Å². The molecule has 1 amide bonds.